The molecule has 0 saturated carbocycles. The van der Waals surface area contributed by atoms with Crippen LogP contribution in [0.25, 0.3) is 0 Å². The zero-order valence-corrected chi connectivity index (χ0v) is 13.6. The van der Waals surface area contributed by atoms with Gasteiger partial charge in [-0.2, -0.15) is 0 Å². The summed E-state index contributed by atoms with van der Waals surface area (Å²) in [6, 6.07) is 15.4. The molecule has 0 bridgehead atoms. The second kappa shape index (κ2) is 7.69. The number of rotatable bonds is 6. The predicted molar refractivity (Wildman–Crippen MR) is 88.4 cm³/mol. The van der Waals surface area contributed by atoms with E-state index in [1.54, 1.807) is 6.07 Å². The molecule has 2 aromatic carbocycles. The fraction of sp³-hybridized carbons (Fsp3) is 0.294. The number of halogens is 2. The van der Waals surface area contributed by atoms with Crippen LogP contribution in [0.4, 0.5) is 4.39 Å². The molecule has 0 heterocycles. The van der Waals surface area contributed by atoms with E-state index >= 15 is 0 Å². The smallest absolute Gasteiger partial charge is 0.137 e. The molecule has 2 unspecified atom stereocenters. The average Bonchev–Trinajstić information content (AvgIpc) is 2.52. The fourth-order valence-corrected chi connectivity index (χ4v) is 3.14. The van der Waals surface area contributed by atoms with E-state index in [1.165, 1.54) is 11.6 Å². The minimum Gasteiger partial charge on any atom is -0.271 e. The van der Waals surface area contributed by atoms with Gasteiger partial charge in [0, 0.05) is 12.0 Å². The molecule has 4 heteroatoms. The van der Waals surface area contributed by atoms with Crippen LogP contribution in [0.15, 0.2) is 53.0 Å². The monoisotopic (exact) mass is 350 g/mol. The Morgan fingerprint density at radius 1 is 1.14 bits per heavy atom. The lowest BCUT2D eigenvalue weighted by Crippen LogP contribution is -2.41. The summed E-state index contributed by atoms with van der Waals surface area (Å²) < 4.78 is 14.2. The van der Waals surface area contributed by atoms with Crippen molar-refractivity contribution in [2.45, 2.75) is 31.7 Å². The third-order valence-corrected chi connectivity index (χ3v) is 4.73. The maximum atomic E-state index is 13.6. The van der Waals surface area contributed by atoms with Gasteiger partial charge in [-0.25, -0.2) is 4.39 Å². The highest BCUT2D eigenvalue weighted by atomic mass is 79.9. The Labute approximate surface area is 133 Å². The van der Waals surface area contributed by atoms with Crippen LogP contribution in [-0.4, -0.2) is 6.04 Å². The first-order chi connectivity index (χ1) is 10.2. The van der Waals surface area contributed by atoms with Gasteiger partial charge in [0.25, 0.3) is 0 Å². The van der Waals surface area contributed by atoms with Crippen molar-refractivity contribution in [1.82, 2.24) is 5.43 Å². The number of hydrogen-bond donors (Lipinski definition) is 2. The third kappa shape index (κ3) is 3.90. The van der Waals surface area contributed by atoms with E-state index in [0.29, 0.717) is 10.9 Å². The second-order valence-electron chi connectivity index (χ2n) is 5.12. The molecule has 0 aliphatic carbocycles. The fourth-order valence-electron chi connectivity index (χ4n) is 2.71. The Bertz CT molecular complexity index is 574. The quantitative estimate of drug-likeness (QED) is 0.606. The van der Waals surface area contributed by atoms with Crippen LogP contribution in [0.5, 0.6) is 0 Å². The molecule has 21 heavy (non-hydrogen) atoms. The van der Waals surface area contributed by atoms with Crippen molar-refractivity contribution in [2.75, 3.05) is 0 Å². The van der Waals surface area contributed by atoms with Crippen LogP contribution in [0.2, 0.25) is 0 Å². The van der Waals surface area contributed by atoms with E-state index in [0.717, 1.165) is 12.0 Å². The topological polar surface area (TPSA) is 38.0 Å². The highest BCUT2D eigenvalue weighted by Gasteiger charge is 2.22. The third-order valence-electron chi connectivity index (χ3n) is 3.84. The second-order valence-corrected chi connectivity index (χ2v) is 5.91. The van der Waals surface area contributed by atoms with Gasteiger partial charge in [0.05, 0.1) is 4.47 Å². The van der Waals surface area contributed by atoms with E-state index in [1.807, 2.05) is 24.3 Å². The van der Waals surface area contributed by atoms with Gasteiger partial charge >= 0.3 is 0 Å². The number of benzene rings is 2. The summed E-state index contributed by atoms with van der Waals surface area (Å²) in [6.07, 6.45) is 1.63. The summed E-state index contributed by atoms with van der Waals surface area (Å²) in [7, 11) is 0. The Morgan fingerprint density at radius 2 is 1.86 bits per heavy atom. The van der Waals surface area contributed by atoms with Gasteiger partial charge in [0.15, 0.2) is 0 Å². The Kier molecular flexibility index (Phi) is 5.91. The molecule has 2 atom stereocenters. The van der Waals surface area contributed by atoms with Gasteiger partial charge in [0.2, 0.25) is 0 Å². The van der Waals surface area contributed by atoms with E-state index in [-0.39, 0.29) is 17.8 Å². The summed E-state index contributed by atoms with van der Waals surface area (Å²) in [6.45, 7) is 2.14. The van der Waals surface area contributed by atoms with Crippen LogP contribution < -0.4 is 11.3 Å². The Morgan fingerprint density at radius 3 is 2.48 bits per heavy atom. The summed E-state index contributed by atoms with van der Waals surface area (Å²) in [5, 5.41) is 0. The largest absolute Gasteiger partial charge is 0.271 e. The van der Waals surface area contributed by atoms with Crippen LogP contribution in [0.1, 0.15) is 30.4 Å². The molecular weight excluding hydrogens is 331 g/mol. The average molecular weight is 351 g/mol. The number of hydrazine groups is 1. The molecule has 0 aromatic heterocycles. The minimum atomic E-state index is -0.240. The van der Waals surface area contributed by atoms with Crippen LogP contribution in [0, 0.1) is 5.82 Å². The molecule has 0 aliphatic rings. The maximum Gasteiger partial charge on any atom is 0.137 e. The highest BCUT2D eigenvalue weighted by molar-refractivity contribution is 9.10. The molecule has 2 aromatic rings. The van der Waals surface area contributed by atoms with Gasteiger partial charge in [0.1, 0.15) is 5.82 Å². The van der Waals surface area contributed by atoms with Gasteiger partial charge in [-0.05, 0) is 46.0 Å². The lowest BCUT2D eigenvalue weighted by Gasteiger charge is -2.26. The SMILES string of the molecule is CCC(c1ccccc1)C(Cc1cccc(F)c1Br)NN. The molecule has 2 rings (SSSR count). The van der Waals surface area contributed by atoms with Crippen molar-refractivity contribution in [2.24, 2.45) is 5.84 Å². The minimum absolute atomic E-state index is 0.0514. The van der Waals surface area contributed by atoms with Crippen molar-refractivity contribution in [3.05, 3.63) is 69.9 Å². The number of nitrogens with one attached hydrogen (secondary N) is 1. The predicted octanol–water partition coefficient (Wildman–Crippen LogP) is 4.16. The zero-order chi connectivity index (χ0) is 15.2. The van der Waals surface area contributed by atoms with Gasteiger partial charge in [-0.1, -0.05) is 49.4 Å². The molecule has 2 nitrogen and oxygen atoms in total. The molecule has 0 saturated heterocycles. The molecular formula is C17H20BrFN2. The Hall–Kier alpha value is -1.23. The molecule has 0 amide bonds. The summed E-state index contributed by atoms with van der Waals surface area (Å²) in [4.78, 5) is 0. The van der Waals surface area contributed by atoms with Gasteiger partial charge in [-0.3, -0.25) is 11.3 Å². The first kappa shape index (κ1) is 16.1. The molecule has 0 spiro atoms. The lowest BCUT2D eigenvalue weighted by molar-refractivity contribution is 0.426. The Balaban J connectivity index is 2.24. The van der Waals surface area contributed by atoms with E-state index in [9.17, 15) is 4.39 Å². The number of hydrogen-bond acceptors (Lipinski definition) is 2. The van der Waals surface area contributed by atoms with Crippen molar-refractivity contribution in [1.29, 1.82) is 0 Å². The van der Waals surface area contributed by atoms with E-state index in [2.05, 4.69) is 40.4 Å². The molecule has 0 fully saturated rings. The summed E-state index contributed by atoms with van der Waals surface area (Å²) in [5.74, 6) is 5.81. The zero-order valence-electron chi connectivity index (χ0n) is 12.0. The summed E-state index contributed by atoms with van der Waals surface area (Å²) in [5.41, 5.74) is 5.07. The highest BCUT2D eigenvalue weighted by Crippen LogP contribution is 2.28. The van der Waals surface area contributed by atoms with Crippen LogP contribution in [-0.2, 0) is 6.42 Å². The maximum absolute atomic E-state index is 13.6. The lowest BCUT2D eigenvalue weighted by atomic mass is 9.86. The first-order valence-electron chi connectivity index (χ1n) is 7.11. The molecule has 0 radical (unpaired) electrons. The van der Waals surface area contributed by atoms with Crippen molar-refractivity contribution >= 4 is 15.9 Å². The standard InChI is InChI=1S/C17H20BrFN2/c1-2-14(12-7-4-3-5-8-12)16(21-20)11-13-9-6-10-15(19)17(13)18/h3-10,14,16,21H,2,11,20H2,1H3. The van der Waals surface area contributed by atoms with E-state index in [4.69, 9.17) is 5.84 Å². The normalized spacial score (nSPS) is 13.9. The van der Waals surface area contributed by atoms with Crippen molar-refractivity contribution in [3.8, 4) is 0 Å². The van der Waals surface area contributed by atoms with Crippen molar-refractivity contribution in [3.63, 3.8) is 0 Å². The first-order valence-corrected chi connectivity index (χ1v) is 7.90. The molecule has 3 N–H and O–H groups in total. The van der Waals surface area contributed by atoms with Gasteiger partial charge in [-0.15, -0.1) is 0 Å². The number of nitrogens with two attached hydrogens (primary N) is 1. The van der Waals surface area contributed by atoms with E-state index < -0.39 is 0 Å². The molecule has 0 aliphatic heterocycles. The molecule has 112 valence electrons. The summed E-state index contributed by atoms with van der Waals surface area (Å²) >= 11 is 3.32. The van der Waals surface area contributed by atoms with Crippen LogP contribution in [0.3, 0.4) is 0 Å². The van der Waals surface area contributed by atoms with Crippen molar-refractivity contribution < 1.29 is 4.39 Å². The van der Waals surface area contributed by atoms with Gasteiger partial charge < -0.3 is 0 Å². The van der Waals surface area contributed by atoms with Crippen LogP contribution >= 0.6 is 15.9 Å².